The van der Waals surface area contributed by atoms with Gasteiger partial charge in [0.1, 0.15) is 5.69 Å². The Morgan fingerprint density at radius 1 is 0.354 bits per heavy atom. The number of nitrogens with zero attached hydrogens (tertiary/aromatic N) is 3. The Morgan fingerprint density at radius 2 is 0.688 bits per heavy atom. The second kappa shape index (κ2) is 21.9. The summed E-state index contributed by atoms with van der Waals surface area (Å²) in [7, 11) is 0. The first-order chi connectivity index (χ1) is 23.8. The molecule has 0 aromatic heterocycles. The van der Waals surface area contributed by atoms with E-state index in [9.17, 15) is 0 Å². The zero-order valence-corrected chi connectivity index (χ0v) is 29.6. The van der Waals surface area contributed by atoms with Crippen LogP contribution < -0.4 is 15.2 Å². The maximum absolute atomic E-state index is 6.80. The van der Waals surface area contributed by atoms with E-state index < -0.39 is 0 Å². The summed E-state index contributed by atoms with van der Waals surface area (Å²) in [5, 5.41) is 5.94. The first-order valence-electron chi connectivity index (χ1n) is 18.4. The maximum atomic E-state index is 6.80. The number of benzene rings is 4. The zero-order valence-electron chi connectivity index (χ0n) is 29.6. The molecule has 6 heteroatoms. The number of hydrogen-bond donors (Lipinski definition) is 0. The van der Waals surface area contributed by atoms with E-state index in [1.165, 1.54) is 38.5 Å². The van der Waals surface area contributed by atoms with Gasteiger partial charge in [-0.15, -0.1) is 0 Å². The summed E-state index contributed by atoms with van der Waals surface area (Å²) in [6, 6.07) is 37.4. The lowest BCUT2D eigenvalue weighted by Crippen LogP contribution is -2.28. The molecular formula is C42H57N3O3. The van der Waals surface area contributed by atoms with Crippen molar-refractivity contribution < 1.29 is 14.5 Å². The van der Waals surface area contributed by atoms with E-state index in [2.05, 4.69) is 112 Å². The van der Waals surface area contributed by atoms with Gasteiger partial charge in [0.15, 0.2) is 0 Å². The first-order valence-corrected chi connectivity index (χ1v) is 18.4. The highest BCUT2D eigenvalue weighted by Gasteiger charge is 2.28. The van der Waals surface area contributed by atoms with Crippen molar-refractivity contribution in [3.63, 3.8) is 0 Å². The Labute approximate surface area is 290 Å². The Balaban J connectivity index is 1.87. The van der Waals surface area contributed by atoms with Crippen molar-refractivity contribution >= 4 is 34.1 Å². The Bertz CT molecular complexity index is 1310. The van der Waals surface area contributed by atoms with Gasteiger partial charge in [0.2, 0.25) is 0 Å². The molecule has 0 bridgehead atoms. The third-order valence-corrected chi connectivity index (χ3v) is 8.26. The summed E-state index contributed by atoms with van der Waals surface area (Å²) in [6.45, 7) is 8.52. The van der Waals surface area contributed by atoms with Crippen LogP contribution in [0.2, 0.25) is 0 Å². The van der Waals surface area contributed by atoms with E-state index >= 15 is 0 Å². The zero-order chi connectivity index (χ0) is 33.7. The number of anilines is 6. The molecular weight excluding hydrogens is 594 g/mol. The topological polar surface area (TPSA) is 37.4 Å². The smallest absolute Gasteiger partial charge is 0.122 e. The first kappa shape index (κ1) is 37.0. The van der Waals surface area contributed by atoms with E-state index in [1.807, 2.05) is 33.4 Å². The van der Waals surface area contributed by atoms with Gasteiger partial charge in [-0.05, 0) is 67.8 Å². The second-order valence-electron chi connectivity index (χ2n) is 12.2. The molecule has 0 N–H and O–H groups in total. The highest BCUT2D eigenvalue weighted by atomic mass is 16.7. The third-order valence-electron chi connectivity index (χ3n) is 8.26. The highest BCUT2D eigenvalue weighted by Crippen LogP contribution is 2.47. The summed E-state index contributed by atoms with van der Waals surface area (Å²) >= 11 is 0. The lowest BCUT2D eigenvalue weighted by molar-refractivity contribution is 0.118. The van der Waals surface area contributed by atoms with Crippen LogP contribution in [0.15, 0.2) is 109 Å². The molecule has 4 aromatic rings. The van der Waals surface area contributed by atoms with Crippen LogP contribution in [0.1, 0.15) is 97.8 Å². The standard InChI is InChI=1S/C42H57N3O3/c1-4-7-10-22-34-46-43(37-26-16-13-17-27-37)40-32-25-33-41(44(38-28-18-14-19-29-38)47-35-23-11-8-5-2)42(40)45(39-30-20-15-21-31-39)48-36-24-12-9-6-3/h13-21,25-33H,4-12,22-24,34-36H2,1-3H3. The molecule has 0 aliphatic rings. The number of rotatable bonds is 24. The van der Waals surface area contributed by atoms with Crippen molar-refractivity contribution in [1.82, 2.24) is 0 Å². The predicted octanol–water partition coefficient (Wildman–Crippen LogP) is 12.6. The number of unbranched alkanes of at least 4 members (excludes halogenated alkanes) is 9. The highest BCUT2D eigenvalue weighted by molar-refractivity contribution is 5.90. The van der Waals surface area contributed by atoms with Crippen molar-refractivity contribution in [3.8, 4) is 0 Å². The minimum absolute atomic E-state index is 0.592. The van der Waals surface area contributed by atoms with E-state index in [-0.39, 0.29) is 0 Å². The SMILES string of the molecule is CCCCCCON(c1ccccc1)c1cccc(N(OCCCCCC)c2ccccc2)c1N(OCCCCCC)c1ccccc1. The van der Waals surface area contributed by atoms with Gasteiger partial charge < -0.3 is 0 Å². The maximum Gasteiger partial charge on any atom is 0.122 e. The molecule has 0 aliphatic carbocycles. The Hall–Kier alpha value is -3.84. The summed E-state index contributed by atoms with van der Waals surface area (Å²) in [6.07, 6.45) is 13.5. The van der Waals surface area contributed by atoms with Gasteiger partial charge in [-0.1, -0.05) is 139 Å². The van der Waals surface area contributed by atoms with Crippen molar-refractivity contribution in [2.24, 2.45) is 0 Å². The Kier molecular flexibility index (Phi) is 16.9. The van der Waals surface area contributed by atoms with Crippen molar-refractivity contribution in [1.29, 1.82) is 0 Å². The monoisotopic (exact) mass is 651 g/mol. The molecule has 0 fully saturated rings. The molecule has 0 unspecified atom stereocenters. The fraction of sp³-hybridized carbons (Fsp3) is 0.429. The van der Waals surface area contributed by atoms with Crippen molar-refractivity contribution in [2.45, 2.75) is 97.8 Å². The molecule has 4 rings (SSSR count). The normalized spacial score (nSPS) is 11.1. The van der Waals surface area contributed by atoms with E-state index in [4.69, 9.17) is 14.5 Å². The number of para-hydroxylation sites is 4. The molecule has 0 radical (unpaired) electrons. The predicted molar refractivity (Wildman–Crippen MR) is 202 cm³/mol. The number of hydrogen-bond acceptors (Lipinski definition) is 6. The summed E-state index contributed by atoms with van der Waals surface area (Å²) < 4.78 is 0. The Morgan fingerprint density at radius 3 is 1.04 bits per heavy atom. The molecule has 258 valence electrons. The molecule has 48 heavy (non-hydrogen) atoms. The molecule has 0 aliphatic heterocycles. The van der Waals surface area contributed by atoms with Crippen molar-refractivity contribution in [2.75, 3.05) is 35.0 Å². The van der Waals surface area contributed by atoms with E-state index in [0.717, 1.165) is 72.6 Å². The molecule has 0 saturated heterocycles. The second-order valence-corrected chi connectivity index (χ2v) is 12.2. The summed E-state index contributed by atoms with van der Waals surface area (Å²) in [4.78, 5) is 20.2. The van der Waals surface area contributed by atoms with Crippen LogP contribution in [-0.2, 0) is 14.5 Å². The van der Waals surface area contributed by atoms with Gasteiger partial charge in [0, 0.05) is 0 Å². The molecule has 4 aromatic carbocycles. The van der Waals surface area contributed by atoms with E-state index in [1.54, 1.807) is 0 Å². The van der Waals surface area contributed by atoms with Gasteiger partial charge >= 0.3 is 0 Å². The van der Waals surface area contributed by atoms with Crippen LogP contribution in [0.25, 0.3) is 0 Å². The average molecular weight is 652 g/mol. The van der Waals surface area contributed by atoms with Crippen LogP contribution in [0.4, 0.5) is 34.1 Å². The lowest BCUT2D eigenvalue weighted by atomic mass is 10.1. The van der Waals surface area contributed by atoms with Crippen LogP contribution in [0, 0.1) is 0 Å². The van der Waals surface area contributed by atoms with Gasteiger partial charge in [-0.25, -0.2) is 15.2 Å². The molecule has 0 saturated carbocycles. The van der Waals surface area contributed by atoms with Crippen LogP contribution in [-0.4, -0.2) is 19.8 Å². The van der Waals surface area contributed by atoms with Crippen LogP contribution in [0.5, 0.6) is 0 Å². The van der Waals surface area contributed by atoms with Crippen molar-refractivity contribution in [3.05, 3.63) is 109 Å². The minimum atomic E-state index is 0.592. The molecule has 0 amide bonds. The van der Waals surface area contributed by atoms with Crippen LogP contribution in [0.3, 0.4) is 0 Å². The lowest BCUT2D eigenvalue weighted by Gasteiger charge is -2.35. The van der Waals surface area contributed by atoms with Gasteiger partial charge in [-0.2, -0.15) is 0 Å². The molecule has 6 nitrogen and oxygen atoms in total. The van der Waals surface area contributed by atoms with Gasteiger partial charge in [-0.3, -0.25) is 14.5 Å². The average Bonchev–Trinajstić information content (AvgIpc) is 3.14. The molecule has 0 heterocycles. The fourth-order valence-corrected chi connectivity index (χ4v) is 5.63. The summed E-state index contributed by atoms with van der Waals surface area (Å²) in [5.41, 5.74) is 5.45. The van der Waals surface area contributed by atoms with E-state index in [0.29, 0.717) is 19.8 Å². The van der Waals surface area contributed by atoms with Gasteiger partial charge in [0.05, 0.1) is 48.3 Å². The van der Waals surface area contributed by atoms with Gasteiger partial charge in [0.25, 0.3) is 0 Å². The summed E-state index contributed by atoms with van der Waals surface area (Å²) in [5.74, 6) is 0. The molecule has 0 spiro atoms. The quantitative estimate of drug-likeness (QED) is 0.0554. The fourth-order valence-electron chi connectivity index (χ4n) is 5.63. The third kappa shape index (κ3) is 11.4. The molecule has 0 atom stereocenters. The minimum Gasteiger partial charge on any atom is -0.269 e. The largest absolute Gasteiger partial charge is 0.269 e. The van der Waals surface area contributed by atoms with Crippen LogP contribution >= 0.6 is 0 Å².